The van der Waals surface area contributed by atoms with Crippen LogP contribution in [0.4, 0.5) is 15.9 Å². The van der Waals surface area contributed by atoms with Gasteiger partial charge in [-0.25, -0.2) is 9.37 Å². The van der Waals surface area contributed by atoms with Gasteiger partial charge in [-0.3, -0.25) is 9.59 Å². The van der Waals surface area contributed by atoms with Gasteiger partial charge in [-0.05, 0) is 54.1 Å². The number of nitrogens with one attached hydrogen (secondary N) is 1. The van der Waals surface area contributed by atoms with Crippen LogP contribution in [-0.2, 0) is 11.3 Å². The van der Waals surface area contributed by atoms with Crippen LogP contribution in [0.3, 0.4) is 0 Å². The van der Waals surface area contributed by atoms with Gasteiger partial charge in [0.15, 0.2) is 0 Å². The molecule has 1 aromatic heterocycles. The van der Waals surface area contributed by atoms with Crippen molar-refractivity contribution in [2.24, 2.45) is 0 Å². The minimum absolute atomic E-state index is 0.0558. The van der Waals surface area contributed by atoms with Crippen molar-refractivity contribution in [2.75, 3.05) is 19.0 Å². The summed E-state index contributed by atoms with van der Waals surface area (Å²) in [5.41, 5.74) is 1.36. The Kier molecular flexibility index (Phi) is 6.59. The molecule has 0 spiro atoms. The van der Waals surface area contributed by atoms with Gasteiger partial charge in [-0.2, -0.15) is 0 Å². The number of rotatable bonds is 8. The molecule has 1 heterocycles. The summed E-state index contributed by atoms with van der Waals surface area (Å²) in [5.74, 6) is -1.21. The highest BCUT2D eigenvalue weighted by molar-refractivity contribution is 6.00. The van der Waals surface area contributed by atoms with Crippen molar-refractivity contribution < 1.29 is 23.8 Å². The fraction of sp³-hybridized carbons (Fsp3) is 0.136. The molecule has 0 bridgehead atoms. The smallest absolute Gasteiger partial charge is 0.323 e. The molecule has 0 aliphatic rings. The lowest BCUT2D eigenvalue weighted by Crippen LogP contribution is -2.35. The molecule has 0 aliphatic heterocycles. The molecule has 0 radical (unpaired) electrons. The van der Waals surface area contributed by atoms with Gasteiger partial charge in [0.05, 0.1) is 12.7 Å². The number of amides is 1. The van der Waals surface area contributed by atoms with Crippen molar-refractivity contribution in [3.8, 4) is 5.75 Å². The van der Waals surface area contributed by atoms with Crippen LogP contribution in [0.1, 0.15) is 15.9 Å². The highest BCUT2D eigenvalue weighted by atomic mass is 19.1. The summed E-state index contributed by atoms with van der Waals surface area (Å²) in [6.07, 6.45) is 1.52. The first-order valence-electron chi connectivity index (χ1n) is 9.08. The first-order valence-corrected chi connectivity index (χ1v) is 9.08. The summed E-state index contributed by atoms with van der Waals surface area (Å²) in [7, 11) is 1.56. The molecule has 0 saturated heterocycles. The van der Waals surface area contributed by atoms with E-state index >= 15 is 0 Å². The Hall–Kier alpha value is -3.94. The molecule has 0 fully saturated rings. The second-order valence-corrected chi connectivity index (χ2v) is 6.44. The molecule has 8 heteroatoms. The van der Waals surface area contributed by atoms with Crippen molar-refractivity contribution in [1.82, 2.24) is 9.88 Å². The molecule has 3 rings (SSSR count). The molecule has 0 atom stereocenters. The molecule has 2 aromatic carbocycles. The van der Waals surface area contributed by atoms with E-state index in [0.29, 0.717) is 17.0 Å². The molecule has 2 N–H and O–H groups in total. The average molecular weight is 409 g/mol. The van der Waals surface area contributed by atoms with E-state index in [1.54, 1.807) is 49.6 Å². The van der Waals surface area contributed by atoms with Gasteiger partial charge in [-0.15, -0.1) is 0 Å². The zero-order valence-corrected chi connectivity index (χ0v) is 16.2. The third-order valence-corrected chi connectivity index (χ3v) is 4.27. The van der Waals surface area contributed by atoms with Gasteiger partial charge in [-0.1, -0.05) is 12.1 Å². The number of nitrogens with zero attached hydrogens (tertiary/aromatic N) is 2. The van der Waals surface area contributed by atoms with Crippen LogP contribution in [0, 0.1) is 5.82 Å². The number of carboxylic acid groups (broad SMARTS) is 1. The first kappa shape index (κ1) is 20.8. The zero-order valence-electron chi connectivity index (χ0n) is 16.2. The fourth-order valence-electron chi connectivity index (χ4n) is 2.88. The largest absolute Gasteiger partial charge is 0.497 e. The number of aromatic nitrogens is 1. The summed E-state index contributed by atoms with van der Waals surface area (Å²) in [6.45, 7) is -0.591. The molecule has 0 saturated carbocycles. The highest BCUT2D eigenvalue weighted by Gasteiger charge is 2.22. The summed E-state index contributed by atoms with van der Waals surface area (Å²) < 4.78 is 18.6. The first-order chi connectivity index (χ1) is 14.5. The molecule has 0 unspecified atom stereocenters. The number of benzene rings is 2. The monoisotopic (exact) mass is 409 g/mol. The van der Waals surface area contributed by atoms with Crippen molar-refractivity contribution in [2.45, 2.75) is 6.54 Å². The number of carbonyl (C=O) groups excluding carboxylic acids is 1. The number of halogens is 1. The predicted molar refractivity (Wildman–Crippen MR) is 109 cm³/mol. The minimum atomic E-state index is -1.17. The number of hydrogen-bond acceptors (Lipinski definition) is 5. The number of methoxy groups -OCH3 is 1. The molecule has 1 amide bonds. The van der Waals surface area contributed by atoms with E-state index in [-0.39, 0.29) is 17.9 Å². The van der Waals surface area contributed by atoms with Gasteiger partial charge in [0.2, 0.25) is 0 Å². The Labute approximate surface area is 172 Å². The van der Waals surface area contributed by atoms with Crippen molar-refractivity contribution >= 4 is 23.4 Å². The van der Waals surface area contributed by atoms with Crippen molar-refractivity contribution in [3.63, 3.8) is 0 Å². The van der Waals surface area contributed by atoms with Crippen molar-refractivity contribution in [1.29, 1.82) is 0 Å². The predicted octanol–water partition coefficient (Wildman–Crippen LogP) is 3.70. The molecular weight excluding hydrogens is 389 g/mol. The Morgan fingerprint density at radius 3 is 2.57 bits per heavy atom. The molecule has 30 heavy (non-hydrogen) atoms. The van der Waals surface area contributed by atoms with E-state index < -0.39 is 24.2 Å². The van der Waals surface area contributed by atoms with E-state index in [9.17, 15) is 19.1 Å². The normalized spacial score (nSPS) is 10.3. The summed E-state index contributed by atoms with van der Waals surface area (Å²) in [6, 6.07) is 15.9. The number of aliphatic carboxylic acids is 1. The molecular formula is C22H20FN3O4. The van der Waals surface area contributed by atoms with Gasteiger partial charge in [0.25, 0.3) is 5.91 Å². The molecule has 154 valence electrons. The lowest BCUT2D eigenvalue weighted by atomic mass is 10.1. The summed E-state index contributed by atoms with van der Waals surface area (Å²) >= 11 is 0. The van der Waals surface area contributed by atoms with Crippen LogP contribution >= 0.6 is 0 Å². The standard InChI is InChI=1S/C22H20FN3O4/c1-30-18-9-7-17(8-10-18)25-21-19(6-3-11-24-21)22(29)26(14-20(27)28)13-15-4-2-5-16(23)12-15/h2-12H,13-14H2,1H3,(H,24,25)(H,27,28). The maximum atomic E-state index is 13.5. The molecule has 3 aromatic rings. The van der Waals surface area contributed by atoms with Crippen molar-refractivity contribution in [3.05, 3.63) is 83.8 Å². The van der Waals surface area contributed by atoms with Crippen LogP contribution in [0.5, 0.6) is 5.75 Å². The fourth-order valence-corrected chi connectivity index (χ4v) is 2.88. The second kappa shape index (κ2) is 9.51. The number of carboxylic acids is 1. The topological polar surface area (TPSA) is 91.8 Å². The quantitative estimate of drug-likeness (QED) is 0.590. The maximum Gasteiger partial charge on any atom is 0.323 e. The number of pyridine rings is 1. The van der Waals surface area contributed by atoms with E-state index in [1.807, 2.05) is 0 Å². The third-order valence-electron chi connectivity index (χ3n) is 4.27. The minimum Gasteiger partial charge on any atom is -0.497 e. The number of hydrogen-bond donors (Lipinski definition) is 2. The van der Waals surface area contributed by atoms with E-state index in [0.717, 1.165) is 4.90 Å². The van der Waals surface area contributed by atoms with E-state index in [2.05, 4.69) is 10.3 Å². The average Bonchev–Trinajstić information content (AvgIpc) is 2.73. The Morgan fingerprint density at radius 2 is 1.90 bits per heavy atom. The lowest BCUT2D eigenvalue weighted by Gasteiger charge is -2.22. The van der Waals surface area contributed by atoms with Gasteiger partial charge in [0.1, 0.15) is 23.9 Å². The highest BCUT2D eigenvalue weighted by Crippen LogP contribution is 2.23. The molecule has 0 aliphatic carbocycles. The Balaban J connectivity index is 1.87. The van der Waals surface area contributed by atoms with Crippen LogP contribution in [0.15, 0.2) is 66.9 Å². The number of carbonyl (C=O) groups is 2. The lowest BCUT2D eigenvalue weighted by molar-refractivity contribution is -0.137. The van der Waals surface area contributed by atoms with Crippen LogP contribution in [-0.4, -0.2) is 40.5 Å². The maximum absolute atomic E-state index is 13.5. The summed E-state index contributed by atoms with van der Waals surface area (Å²) in [4.78, 5) is 29.8. The van der Waals surface area contributed by atoms with Crippen LogP contribution in [0.25, 0.3) is 0 Å². The second-order valence-electron chi connectivity index (χ2n) is 6.44. The molecule has 7 nitrogen and oxygen atoms in total. The zero-order chi connectivity index (χ0) is 21.5. The Bertz CT molecular complexity index is 1040. The Morgan fingerprint density at radius 1 is 1.13 bits per heavy atom. The number of anilines is 2. The van der Waals surface area contributed by atoms with Gasteiger partial charge >= 0.3 is 5.97 Å². The van der Waals surface area contributed by atoms with E-state index in [1.165, 1.54) is 24.4 Å². The van der Waals surface area contributed by atoms with Crippen LogP contribution in [0.2, 0.25) is 0 Å². The van der Waals surface area contributed by atoms with E-state index in [4.69, 9.17) is 4.74 Å². The van der Waals surface area contributed by atoms with Gasteiger partial charge in [0, 0.05) is 18.4 Å². The van der Waals surface area contributed by atoms with Gasteiger partial charge < -0.3 is 20.1 Å². The third kappa shape index (κ3) is 5.32. The summed E-state index contributed by atoms with van der Waals surface area (Å²) in [5, 5.41) is 12.3. The SMILES string of the molecule is COc1ccc(Nc2ncccc2C(=O)N(CC(=O)O)Cc2cccc(F)c2)cc1. The van der Waals surface area contributed by atoms with Crippen LogP contribution < -0.4 is 10.1 Å². The number of ether oxygens (including phenoxy) is 1.